The summed E-state index contributed by atoms with van der Waals surface area (Å²) >= 11 is 0. The van der Waals surface area contributed by atoms with Gasteiger partial charge in [-0.1, -0.05) is 30.3 Å². The fraction of sp³-hybridized carbons (Fsp3) is 0.250. The van der Waals surface area contributed by atoms with Gasteiger partial charge in [0.2, 0.25) is 0 Å². The number of benzene rings is 2. The first-order valence-electron chi connectivity index (χ1n) is 6.71. The van der Waals surface area contributed by atoms with Crippen molar-refractivity contribution in [3.63, 3.8) is 0 Å². The number of anilines is 1. The van der Waals surface area contributed by atoms with Crippen LogP contribution in [0.25, 0.3) is 0 Å². The van der Waals surface area contributed by atoms with Crippen molar-refractivity contribution in [2.45, 2.75) is 12.0 Å². The Morgan fingerprint density at radius 3 is 2.50 bits per heavy atom. The maximum Gasteiger partial charge on any atom is 0.160 e. The van der Waals surface area contributed by atoms with Gasteiger partial charge in [0.25, 0.3) is 0 Å². The molecular formula is C16H16F2N2. The topological polar surface area (TPSA) is 24.1 Å². The SMILES string of the molecule is Fc1ccc(N[C@H]2CNC[C@@H]2c2ccccc2)cc1F. The summed E-state index contributed by atoms with van der Waals surface area (Å²) in [6, 6.07) is 14.3. The summed E-state index contributed by atoms with van der Waals surface area (Å²) in [5, 5.41) is 6.63. The Balaban J connectivity index is 1.77. The lowest BCUT2D eigenvalue weighted by molar-refractivity contribution is 0.508. The number of hydrogen-bond donors (Lipinski definition) is 2. The molecule has 1 fully saturated rings. The molecule has 2 nitrogen and oxygen atoms in total. The zero-order valence-corrected chi connectivity index (χ0v) is 10.9. The average molecular weight is 274 g/mol. The summed E-state index contributed by atoms with van der Waals surface area (Å²) in [5.74, 6) is -1.32. The van der Waals surface area contributed by atoms with Crippen LogP contribution < -0.4 is 10.6 Å². The van der Waals surface area contributed by atoms with Crippen molar-refractivity contribution >= 4 is 5.69 Å². The lowest BCUT2D eigenvalue weighted by Gasteiger charge is -2.21. The molecule has 0 amide bonds. The van der Waals surface area contributed by atoms with E-state index in [1.165, 1.54) is 11.6 Å². The Bertz CT molecular complexity index is 586. The normalized spacial score (nSPS) is 21.9. The number of nitrogens with one attached hydrogen (secondary N) is 2. The minimum atomic E-state index is -0.822. The van der Waals surface area contributed by atoms with E-state index >= 15 is 0 Å². The third kappa shape index (κ3) is 2.65. The summed E-state index contributed by atoms with van der Waals surface area (Å²) in [6.45, 7) is 1.68. The molecule has 2 aromatic carbocycles. The van der Waals surface area contributed by atoms with Gasteiger partial charge in [-0.3, -0.25) is 0 Å². The van der Waals surface area contributed by atoms with Gasteiger partial charge in [0.05, 0.1) is 0 Å². The molecule has 2 N–H and O–H groups in total. The van der Waals surface area contributed by atoms with Crippen LogP contribution in [0.4, 0.5) is 14.5 Å². The maximum atomic E-state index is 13.2. The third-order valence-electron chi connectivity index (χ3n) is 3.71. The zero-order chi connectivity index (χ0) is 13.9. The molecule has 1 aliphatic rings. The van der Waals surface area contributed by atoms with E-state index in [1.807, 2.05) is 18.2 Å². The van der Waals surface area contributed by atoms with Crippen LogP contribution in [-0.4, -0.2) is 19.1 Å². The van der Waals surface area contributed by atoms with Gasteiger partial charge in [0, 0.05) is 36.8 Å². The van der Waals surface area contributed by atoms with Gasteiger partial charge in [0.1, 0.15) is 0 Å². The van der Waals surface area contributed by atoms with Crippen LogP contribution in [0, 0.1) is 11.6 Å². The summed E-state index contributed by atoms with van der Waals surface area (Å²) in [4.78, 5) is 0. The number of halogens is 2. The smallest absolute Gasteiger partial charge is 0.160 e. The highest BCUT2D eigenvalue weighted by molar-refractivity contribution is 5.46. The molecular weight excluding hydrogens is 258 g/mol. The molecule has 0 saturated carbocycles. The molecule has 104 valence electrons. The second kappa shape index (κ2) is 5.59. The minimum Gasteiger partial charge on any atom is -0.380 e. The molecule has 1 heterocycles. The van der Waals surface area contributed by atoms with Crippen molar-refractivity contribution in [1.82, 2.24) is 5.32 Å². The first-order valence-corrected chi connectivity index (χ1v) is 6.71. The molecule has 0 bridgehead atoms. The van der Waals surface area contributed by atoms with Gasteiger partial charge in [-0.05, 0) is 17.7 Å². The largest absolute Gasteiger partial charge is 0.380 e. The van der Waals surface area contributed by atoms with Gasteiger partial charge < -0.3 is 10.6 Å². The Kier molecular flexibility index (Phi) is 3.65. The molecule has 2 aromatic rings. The molecule has 0 unspecified atom stereocenters. The van der Waals surface area contributed by atoms with Gasteiger partial charge in [-0.15, -0.1) is 0 Å². The molecule has 3 rings (SSSR count). The van der Waals surface area contributed by atoms with Crippen molar-refractivity contribution < 1.29 is 8.78 Å². The van der Waals surface area contributed by atoms with Gasteiger partial charge in [0.15, 0.2) is 11.6 Å². The quantitative estimate of drug-likeness (QED) is 0.898. The Morgan fingerprint density at radius 1 is 0.950 bits per heavy atom. The van der Waals surface area contributed by atoms with Crippen molar-refractivity contribution in [2.24, 2.45) is 0 Å². The van der Waals surface area contributed by atoms with E-state index in [4.69, 9.17) is 0 Å². The lowest BCUT2D eigenvalue weighted by Crippen LogP contribution is -2.27. The summed E-state index contributed by atoms with van der Waals surface area (Å²) in [7, 11) is 0. The predicted molar refractivity (Wildman–Crippen MR) is 75.8 cm³/mol. The van der Waals surface area contributed by atoms with Crippen molar-refractivity contribution in [2.75, 3.05) is 18.4 Å². The van der Waals surface area contributed by atoms with Crippen LogP contribution in [0.15, 0.2) is 48.5 Å². The van der Waals surface area contributed by atoms with Crippen molar-refractivity contribution in [3.05, 3.63) is 65.7 Å². The second-order valence-electron chi connectivity index (χ2n) is 5.06. The van der Waals surface area contributed by atoms with E-state index in [2.05, 4.69) is 22.8 Å². The Labute approximate surface area is 116 Å². The van der Waals surface area contributed by atoms with E-state index in [1.54, 1.807) is 6.07 Å². The van der Waals surface area contributed by atoms with Gasteiger partial charge in [-0.2, -0.15) is 0 Å². The van der Waals surface area contributed by atoms with Crippen LogP contribution in [0.1, 0.15) is 11.5 Å². The summed E-state index contributed by atoms with van der Waals surface area (Å²) in [5.41, 5.74) is 1.86. The number of hydrogen-bond acceptors (Lipinski definition) is 2. The molecule has 4 heteroatoms. The monoisotopic (exact) mass is 274 g/mol. The van der Waals surface area contributed by atoms with E-state index in [9.17, 15) is 8.78 Å². The van der Waals surface area contributed by atoms with Crippen molar-refractivity contribution in [3.8, 4) is 0 Å². The molecule has 0 aromatic heterocycles. The standard InChI is InChI=1S/C16H16F2N2/c17-14-7-6-12(8-15(14)18)20-16-10-19-9-13(16)11-4-2-1-3-5-11/h1-8,13,16,19-20H,9-10H2/t13-,16+/m1/s1. The second-order valence-corrected chi connectivity index (χ2v) is 5.06. The minimum absolute atomic E-state index is 0.169. The fourth-order valence-corrected chi connectivity index (χ4v) is 2.68. The predicted octanol–water partition coefficient (Wildman–Crippen LogP) is 3.13. The first kappa shape index (κ1) is 13.1. The highest BCUT2D eigenvalue weighted by Gasteiger charge is 2.28. The molecule has 0 spiro atoms. The highest BCUT2D eigenvalue weighted by atomic mass is 19.2. The molecule has 20 heavy (non-hydrogen) atoms. The lowest BCUT2D eigenvalue weighted by atomic mass is 9.94. The third-order valence-corrected chi connectivity index (χ3v) is 3.71. The van der Waals surface area contributed by atoms with Crippen molar-refractivity contribution in [1.29, 1.82) is 0 Å². The van der Waals surface area contributed by atoms with Crippen LogP contribution in [-0.2, 0) is 0 Å². The van der Waals surface area contributed by atoms with E-state index in [0.29, 0.717) is 11.6 Å². The summed E-state index contributed by atoms with van der Waals surface area (Å²) < 4.78 is 26.2. The molecule has 0 aliphatic carbocycles. The van der Waals surface area contributed by atoms with Crippen LogP contribution in [0.3, 0.4) is 0 Å². The first-order chi connectivity index (χ1) is 9.74. The Morgan fingerprint density at radius 2 is 1.75 bits per heavy atom. The zero-order valence-electron chi connectivity index (χ0n) is 10.9. The fourth-order valence-electron chi connectivity index (χ4n) is 2.68. The average Bonchev–Trinajstić information content (AvgIpc) is 2.92. The van der Waals surface area contributed by atoms with Crippen LogP contribution in [0.2, 0.25) is 0 Å². The molecule has 0 radical (unpaired) electrons. The Hall–Kier alpha value is -1.94. The van der Waals surface area contributed by atoms with Gasteiger partial charge in [-0.25, -0.2) is 8.78 Å². The number of rotatable bonds is 3. The van der Waals surface area contributed by atoms with Gasteiger partial charge >= 0.3 is 0 Å². The highest BCUT2D eigenvalue weighted by Crippen LogP contribution is 2.26. The van der Waals surface area contributed by atoms with E-state index < -0.39 is 11.6 Å². The van der Waals surface area contributed by atoms with E-state index in [0.717, 1.165) is 19.2 Å². The van der Waals surface area contributed by atoms with E-state index in [-0.39, 0.29) is 6.04 Å². The molecule has 1 aliphatic heterocycles. The van der Waals surface area contributed by atoms with Crippen LogP contribution in [0.5, 0.6) is 0 Å². The maximum absolute atomic E-state index is 13.2. The molecule has 2 atom stereocenters. The summed E-state index contributed by atoms with van der Waals surface area (Å²) in [6.07, 6.45) is 0. The molecule has 1 saturated heterocycles. The van der Waals surface area contributed by atoms with Crippen LogP contribution >= 0.6 is 0 Å².